The van der Waals surface area contributed by atoms with Gasteiger partial charge < -0.3 is 15.2 Å². The molecule has 1 aliphatic carbocycles. The van der Waals surface area contributed by atoms with E-state index in [0.29, 0.717) is 12.0 Å². The molecule has 152 valence electrons. The first kappa shape index (κ1) is 19.9. The molecule has 30 heavy (non-hydrogen) atoms. The molecule has 4 rings (SSSR count). The quantitative estimate of drug-likeness (QED) is 0.467. The molecule has 2 N–H and O–H groups in total. The van der Waals surface area contributed by atoms with Crippen LogP contribution in [0.15, 0.2) is 78.9 Å². The number of nitrogens with one attached hydrogen (secondary N) is 1. The third-order valence-electron chi connectivity index (χ3n) is 5.42. The summed E-state index contributed by atoms with van der Waals surface area (Å²) in [5.74, 6) is -0.664. The van der Waals surface area contributed by atoms with Crippen LogP contribution in [0.25, 0.3) is 0 Å². The molecule has 0 aromatic heterocycles. The Kier molecular flexibility index (Phi) is 5.91. The predicted molar refractivity (Wildman–Crippen MR) is 113 cm³/mol. The van der Waals surface area contributed by atoms with Gasteiger partial charge in [-0.3, -0.25) is 9.59 Å². The van der Waals surface area contributed by atoms with E-state index in [4.69, 9.17) is 4.74 Å². The van der Waals surface area contributed by atoms with E-state index in [1.165, 1.54) is 12.1 Å². The van der Waals surface area contributed by atoms with Crippen LogP contribution in [0.1, 0.15) is 33.0 Å². The van der Waals surface area contributed by atoms with Crippen LogP contribution in [0.4, 0.5) is 0 Å². The summed E-state index contributed by atoms with van der Waals surface area (Å²) < 4.78 is 5.34. The van der Waals surface area contributed by atoms with Gasteiger partial charge in [-0.15, -0.1) is 0 Å². The molecule has 0 bridgehead atoms. The monoisotopic (exact) mass is 401 g/mol. The number of benzene rings is 3. The maximum Gasteiger partial charge on any atom is 0.320 e. The largest absolute Gasteiger partial charge is 0.508 e. The van der Waals surface area contributed by atoms with Crippen LogP contribution < -0.4 is 5.32 Å². The maximum atomic E-state index is 13.2. The Morgan fingerprint density at radius 3 is 2.40 bits per heavy atom. The number of phenols is 1. The van der Waals surface area contributed by atoms with Gasteiger partial charge in [-0.25, -0.2) is 0 Å². The lowest BCUT2D eigenvalue weighted by Crippen LogP contribution is -2.39. The Morgan fingerprint density at radius 2 is 1.63 bits per heavy atom. The molecule has 3 aromatic rings. The Hall–Kier alpha value is -3.44. The molecule has 0 saturated carbocycles. The molecule has 5 heteroatoms. The van der Waals surface area contributed by atoms with Crippen molar-refractivity contribution in [1.82, 2.24) is 5.32 Å². The van der Waals surface area contributed by atoms with Crippen LogP contribution in [0, 0.1) is 0 Å². The average Bonchev–Trinajstić information content (AvgIpc) is 3.15. The number of carbonyl (C=O) groups excluding carboxylic acids is 2. The molecule has 0 fully saturated rings. The van der Waals surface area contributed by atoms with Crippen LogP contribution in [-0.2, 0) is 22.6 Å². The van der Waals surface area contributed by atoms with Crippen molar-refractivity contribution >= 4 is 11.8 Å². The fraction of sp³-hybridized carbons (Fsp3) is 0.200. The van der Waals surface area contributed by atoms with Crippen molar-refractivity contribution in [2.24, 2.45) is 0 Å². The number of Topliss-reactive ketones (excluding diaryl/α,β-unsaturated/α-hetero) is 1. The number of hydrogen-bond donors (Lipinski definition) is 2. The van der Waals surface area contributed by atoms with Crippen molar-refractivity contribution in [2.75, 3.05) is 6.54 Å². The molecule has 2 unspecified atom stereocenters. The molecule has 0 spiro atoms. The van der Waals surface area contributed by atoms with Crippen LogP contribution in [0.2, 0.25) is 0 Å². The van der Waals surface area contributed by atoms with E-state index in [1.54, 1.807) is 12.1 Å². The topological polar surface area (TPSA) is 75.6 Å². The highest BCUT2D eigenvalue weighted by atomic mass is 16.5. The van der Waals surface area contributed by atoms with E-state index in [0.717, 1.165) is 16.7 Å². The summed E-state index contributed by atoms with van der Waals surface area (Å²) in [6, 6.07) is 23.5. The summed E-state index contributed by atoms with van der Waals surface area (Å²) in [6.07, 6.45) is 0.663. The van der Waals surface area contributed by atoms with Crippen LogP contribution in [0.3, 0.4) is 0 Å². The number of hydrogen-bond acceptors (Lipinski definition) is 5. The minimum absolute atomic E-state index is 0.0323. The van der Waals surface area contributed by atoms with Gasteiger partial charge in [0.25, 0.3) is 0 Å². The summed E-state index contributed by atoms with van der Waals surface area (Å²) in [5, 5.41) is 12.7. The summed E-state index contributed by atoms with van der Waals surface area (Å²) in [7, 11) is 0. The first-order chi connectivity index (χ1) is 14.6. The number of aromatic hydroxyl groups is 1. The molecule has 0 heterocycles. The molecule has 5 nitrogen and oxygen atoms in total. The van der Waals surface area contributed by atoms with E-state index >= 15 is 0 Å². The number of esters is 1. The van der Waals surface area contributed by atoms with Crippen molar-refractivity contribution in [3.63, 3.8) is 0 Å². The smallest absolute Gasteiger partial charge is 0.320 e. The maximum absolute atomic E-state index is 13.2. The molecule has 0 radical (unpaired) electrons. The van der Waals surface area contributed by atoms with Crippen molar-refractivity contribution in [1.29, 1.82) is 0 Å². The Bertz CT molecular complexity index is 1030. The Morgan fingerprint density at radius 1 is 0.933 bits per heavy atom. The molecule has 3 aromatic carbocycles. The third kappa shape index (κ3) is 4.42. The highest BCUT2D eigenvalue weighted by molar-refractivity contribution is 6.02. The van der Waals surface area contributed by atoms with E-state index in [2.05, 4.69) is 5.32 Å². The molecule has 1 aliphatic rings. The Labute approximate surface area is 175 Å². The molecule has 2 atom stereocenters. The van der Waals surface area contributed by atoms with Gasteiger partial charge in [0, 0.05) is 11.6 Å². The SMILES string of the molecule is O=C(CNC1Cc2ccccc2C1C(=O)c1ccc(O)cc1)OCc1ccccc1. The zero-order valence-electron chi connectivity index (χ0n) is 16.5. The van der Waals surface area contributed by atoms with Crippen LogP contribution >= 0.6 is 0 Å². The van der Waals surface area contributed by atoms with Crippen molar-refractivity contribution in [3.05, 3.63) is 101 Å². The second kappa shape index (κ2) is 8.93. The summed E-state index contributed by atoms with van der Waals surface area (Å²) >= 11 is 0. The van der Waals surface area contributed by atoms with Gasteiger partial charge in [0.15, 0.2) is 5.78 Å². The van der Waals surface area contributed by atoms with Gasteiger partial charge in [-0.2, -0.15) is 0 Å². The highest BCUT2D eigenvalue weighted by Crippen LogP contribution is 2.36. The second-order valence-corrected chi connectivity index (χ2v) is 7.43. The fourth-order valence-electron chi connectivity index (χ4n) is 3.92. The lowest BCUT2D eigenvalue weighted by Gasteiger charge is -2.21. The number of ketones is 1. The van der Waals surface area contributed by atoms with E-state index in [-0.39, 0.29) is 36.7 Å². The standard InChI is InChI=1S/C25H23NO4/c27-20-12-10-18(11-13-20)25(29)24-21-9-5-4-8-19(21)14-22(24)26-15-23(28)30-16-17-6-2-1-3-7-17/h1-13,22,24,26-27H,14-16H2. The predicted octanol–water partition coefficient (Wildman–Crippen LogP) is 3.62. The number of carbonyl (C=O) groups is 2. The third-order valence-corrected chi connectivity index (χ3v) is 5.42. The van der Waals surface area contributed by atoms with E-state index in [9.17, 15) is 14.7 Å². The molecule has 0 aliphatic heterocycles. The number of fused-ring (bicyclic) bond motifs is 1. The number of ether oxygens (including phenoxy) is 1. The Balaban J connectivity index is 1.44. The first-order valence-electron chi connectivity index (χ1n) is 9.96. The lowest BCUT2D eigenvalue weighted by molar-refractivity contribution is -0.144. The molecule has 0 saturated heterocycles. The van der Waals surface area contributed by atoms with Crippen molar-refractivity contribution in [2.45, 2.75) is 25.0 Å². The van der Waals surface area contributed by atoms with Crippen LogP contribution in [-0.4, -0.2) is 29.4 Å². The fourth-order valence-corrected chi connectivity index (χ4v) is 3.92. The van der Waals surface area contributed by atoms with Gasteiger partial charge >= 0.3 is 5.97 Å². The molecular weight excluding hydrogens is 378 g/mol. The number of rotatable bonds is 7. The zero-order chi connectivity index (χ0) is 20.9. The summed E-state index contributed by atoms with van der Waals surface area (Å²) in [5.41, 5.74) is 3.54. The van der Waals surface area contributed by atoms with E-state index in [1.807, 2.05) is 54.6 Å². The highest BCUT2D eigenvalue weighted by Gasteiger charge is 2.37. The second-order valence-electron chi connectivity index (χ2n) is 7.43. The lowest BCUT2D eigenvalue weighted by atomic mass is 9.89. The van der Waals surface area contributed by atoms with Crippen LogP contribution in [0.5, 0.6) is 5.75 Å². The van der Waals surface area contributed by atoms with Gasteiger partial charge in [-0.05, 0) is 47.4 Å². The minimum atomic E-state index is -0.396. The normalized spacial score (nSPS) is 17.3. The van der Waals surface area contributed by atoms with Crippen molar-refractivity contribution < 1.29 is 19.4 Å². The average molecular weight is 401 g/mol. The number of phenolic OH excluding ortho intramolecular Hbond substituents is 1. The summed E-state index contributed by atoms with van der Waals surface area (Å²) in [4.78, 5) is 25.5. The molecular formula is C25H23NO4. The van der Waals surface area contributed by atoms with Gasteiger partial charge in [0.1, 0.15) is 12.4 Å². The van der Waals surface area contributed by atoms with Gasteiger partial charge in [-0.1, -0.05) is 54.6 Å². The van der Waals surface area contributed by atoms with Gasteiger partial charge in [0.05, 0.1) is 12.5 Å². The zero-order valence-corrected chi connectivity index (χ0v) is 16.5. The minimum Gasteiger partial charge on any atom is -0.508 e. The van der Waals surface area contributed by atoms with Crippen molar-refractivity contribution in [3.8, 4) is 5.75 Å². The van der Waals surface area contributed by atoms with E-state index < -0.39 is 5.92 Å². The summed E-state index contributed by atoms with van der Waals surface area (Å²) in [6.45, 7) is 0.257. The molecule has 0 amide bonds. The first-order valence-corrected chi connectivity index (χ1v) is 9.96. The van der Waals surface area contributed by atoms with Gasteiger partial charge in [0.2, 0.25) is 0 Å².